The van der Waals surface area contributed by atoms with Crippen LogP contribution in [0.4, 0.5) is 11.4 Å². The summed E-state index contributed by atoms with van der Waals surface area (Å²) in [6.45, 7) is 3.62. The number of fused-ring (bicyclic) bond motifs is 1. The van der Waals surface area contributed by atoms with Gasteiger partial charge in [-0.2, -0.15) is 0 Å². The highest BCUT2D eigenvalue weighted by atomic mass is 32.2. The molecule has 9 nitrogen and oxygen atoms in total. The molecule has 2 aromatic heterocycles. The van der Waals surface area contributed by atoms with E-state index in [0.29, 0.717) is 48.4 Å². The van der Waals surface area contributed by atoms with E-state index >= 15 is 0 Å². The molecule has 5 rings (SSSR count). The van der Waals surface area contributed by atoms with Crippen LogP contribution in [0.2, 0.25) is 0 Å². The van der Waals surface area contributed by atoms with Crippen molar-refractivity contribution in [3.63, 3.8) is 0 Å². The van der Waals surface area contributed by atoms with Gasteiger partial charge in [-0.05, 0) is 42.8 Å². The number of pyridine rings is 2. The molecule has 1 aromatic carbocycles. The van der Waals surface area contributed by atoms with Crippen molar-refractivity contribution in [2.24, 2.45) is 4.99 Å². The first-order valence-electron chi connectivity index (χ1n) is 11.1. The Morgan fingerprint density at radius 2 is 1.97 bits per heavy atom. The first kappa shape index (κ1) is 22.3. The van der Waals surface area contributed by atoms with E-state index in [2.05, 4.69) is 20.0 Å². The Kier molecular flexibility index (Phi) is 6.16. The fourth-order valence-electron chi connectivity index (χ4n) is 3.87. The van der Waals surface area contributed by atoms with E-state index in [0.717, 1.165) is 24.1 Å². The van der Waals surface area contributed by atoms with Crippen molar-refractivity contribution in [1.29, 1.82) is 0 Å². The molecule has 1 fully saturated rings. The molecule has 0 unspecified atom stereocenters. The number of hydrogen-bond acceptors (Lipinski definition) is 8. The van der Waals surface area contributed by atoms with Crippen LogP contribution >= 0.6 is 0 Å². The van der Waals surface area contributed by atoms with E-state index in [9.17, 15) is 8.42 Å². The zero-order chi connectivity index (χ0) is 23.5. The maximum atomic E-state index is 12.8. The summed E-state index contributed by atoms with van der Waals surface area (Å²) < 4.78 is 39.8. The summed E-state index contributed by atoms with van der Waals surface area (Å²) >= 11 is 0. The molecular formula is C24H25N5O4S. The molecule has 1 saturated heterocycles. The zero-order valence-corrected chi connectivity index (χ0v) is 19.5. The van der Waals surface area contributed by atoms with Crippen LogP contribution in [0.25, 0.3) is 11.3 Å². The highest BCUT2D eigenvalue weighted by Gasteiger charge is 2.23. The number of aliphatic imine (C=N–C) groups is 1. The van der Waals surface area contributed by atoms with Crippen molar-refractivity contribution in [2.45, 2.75) is 30.8 Å². The molecule has 0 bridgehead atoms. The van der Waals surface area contributed by atoms with Crippen molar-refractivity contribution >= 4 is 27.3 Å². The Labute approximate surface area is 198 Å². The summed E-state index contributed by atoms with van der Waals surface area (Å²) in [6, 6.07) is 12.2. The van der Waals surface area contributed by atoms with E-state index in [1.54, 1.807) is 30.5 Å². The molecule has 2 aliphatic rings. The molecule has 2 N–H and O–H groups in total. The van der Waals surface area contributed by atoms with E-state index < -0.39 is 10.0 Å². The van der Waals surface area contributed by atoms with Gasteiger partial charge in [-0.3, -0.25) is 9.71 Å². The number of nitrogens with one attached hydrogen (secondary N) is 2. The molecule has 34 heavy (non-hydrogen) atoms. The van der Waals surface area contributed by atoms with E-state index in [1.165, 1.54) is 6.20 Å². The van der Waals surface area contributed by atoms with Crippen LogP contribution in [-0.2, 0) is 19.5 Å². The highest BCUT2D eigenvalue weighted by molar-refractivity contribution is 7.92. The van der Waals surface area contributed by atoms with Crippen LogP contribution in [-0.4, -0.2) is 50.3 Å². The van der Waals surface area contributed by atoms with Gasteiger partial charge in [0.25, 0.3) is 10.0 Å². The SMILES string of the molecule is Cc1cccc(S(=O)(=O)Nc2cncc(-c3ccc4c(n3)C(OC3CCOCC3)=NCN4)c2)c1. The second-order valence-corrected chi connectivity index (χ2v) is 9.89. The third-order valence-electron chi connectivity index (χ3n) is 5.62. The van der Waals surface area contributed by atoms with Gasteiger partial charge in [0.2, 0.25) is 5.90 Å². The summed E-state index contributed by atoms with van der Waals surface area (Å²) in [7, 11) is -3.74. The Balaban J connectivity index is 1.40. The average Bonchev–Trinajstić information content (AvgIpc) is 2.85. The second kappa shape index (κ2) is 9.40. The molecule has 176 valence electrons. The predicted octanol–water partition coefficient (Wildman–Crippen LogP) is 3.58. The number of hydrogen-bond donors (Lipinski definition) is 2. The minimum absolute atomic E-state index is 0.0462. The number of sulfonamides is 1. The van der Waals surface area contributed by atoms with Gasteiger partial charge in [-0.1, -0.05) is 12.1 Å². The van der Waals surface area contributed by atoms with Crippen molar-refractivity contribution in [3.8, 4) is 11.3 Å². The maximum Gasteiger partial charge on any atom is 0.261 e. The second-order valence-electron chi connectivity index (χ2n) is 8.20. The number of ether oxygens (including phenoxy) is 2. The van der Waals surface area contributed by atoms with Gasteiger partial charge in [0.15, 0.2) is 0 Å². The molecule has 0 amide bonds. The minimum Gasteiger partial charge on any atom is -0.473 e. The van der Waals surface area contributed by atoms with Crippen LogP contribution in [0, 0.1) is 6.92 Å². The normalized spacial score (nSPS) is 16.2. The number of anilines is 2. The largest absolute Gasteiger partial charge is 0.473 e. The standard InChI is InChI=1S/C24H25N5O4S/c1-16-3-2-4-20(11-16)34(30,31)29-18-12-17(13-25-14-18)21-5-6-22-23(28-21)24(27-15-26-22)33-19-7-9-32-10-8-19/h2-6,11-14,19,26,29H,7-10,15H2,1H3. The molecule has 2 aliphatic heterocycles. The summed E-state index contributed by atoms with van der Waals surface area (Å²) in [5, 5.41) is 3.21. The number of nitrogens with zero attached hydrogens (tertiary/aromatic N) is 3. The molecule has 4 heterocycles. The average molecular weight is 480 g/mol. The number of aromatic nitrogens is 2. The lowest BCUT2D eigenvalue weighted by Crippen LogP contribution is -2.29. The quantitative estimate of drug-likeness (QED) is 0.575. The van der Waals surface area contributed by atoms with Gasteiger partial charge in [0.1, 0.15) is 18.5 Å². The Morgan fingerprint density at radius 1 is 1.12 bits per heavy atom. The van der Waals surface area contributed by atoms with Crippen molar-refractivity contribution < 1.29 is 17.9 Å². The Morgan fingerprint density at radius 3 is 2.79 bits per heavy atom. The molecule has 10 heteroatoms. The lowest BCUT2D eigenvalue weighted by molar-refractivity contribution is 0.0203. The van der Waals surface area contributed by atoms with Gasteiger partial charge in [0, 0.05) is 24.6 Å². The lowest BCUT2D eigenvalue weighted by Gasteiger charge is -2.26. The van der Waals surface area contributed by atoms with Crippen LogP contribution in [0.15, 0.2) is 64.7 Å². The zero-order valence-electron chi connectivity index (χ0n) is 18.7. The summed E-state index contributed by atoms with van der Waals surface area (Å²) in [5.41, 5.74) is 3.98. The number of benzene rings is 1. The maximum absolute atomic E-state index is 12.8. The van der Waals surface area contributed by atoms with E-state index in [4.69, 9.17) is 14.5 Å². The molecular weight excluding hydrogens is 454 g/mol. The lowest BCUT2D eigenvalue weighted by atomic mass is 10.1. The fourth-order valence-corrected chi connectivity index (χ4v) is 5.01. The third kappa shape index (κ3) is 4.87. The smallest absolute Gasteiger partial charge is 0.261 e. The van der Waals surface area contributed by atoms with E-state index in [1.807, 2.05) is 25.1 Å². The molecule has 0 atom stereocenters. The minimum atomic E-state index is -3.74. The van der Waals surface area contributed by atoms with Gasteiger partial charge >= 0.3 is 0 Å². The van der Waals surface area contributed by atoms with Crippen molar-refractivity contribution in [3.05, 3.63) is 66.1 Å². The Bertz CT molecular complexity index is 1340. The first-order valence-corrected chi connectivity index (χ1v) is 12.6. The Hall–Kier alpha value is -3.50. The van der Waals surface area contributed by atoms with Crippen molar-refractivity contribution in [2.75, 3.05) is 29.9 Å². The first-order chi connectivity index (χ1) is 16.5. The monoisotopic (exact) mass is 479 g/mol. The van der Waals surface area contributed by atoms with Crippen LogP contribution in [0.5, 0.6) is 0 Å². The van der Waals surface area contributed by atoms with Gasteiger partial charge < -0.3 is 14.8 Å². The summed E-state index contributed by atoms with van der Waals surface area (Å²) in [6.07, 6.45) is 4.79. The van der Waals surface area contributed by atoms with Crippen LogP contribution < -0.4 is 10.0 Å². The van der Waals surface area contributed by atoms with Crippen molar-refractivity contribution in [1.82, 2.24) is 9.97 Å². The van der Waals surface area contributed by atoms with Gasteiger partial charge in [-0.15, -0.1) is 0 Å². The molecule has 0 spiro atoms. The summed E-state index contributed by atoms with van der Waals surface area (Å²) in [5.74, 6) is 0.506. The van der Waals surface area contributed by atoms with E-state index in [-0.39, 0.29) is 11.0 Å². The number of rotatable bonds is 5. The molecule has 0 aliphatic carbocycles. The highest BCUT2D eigenvalue weighted by Crippen LogP contribution is 2.27. The van der Waals surface area contributed by atoms with Gasteiger partial charge in [0.05, 0.1) is 41.4 Å². The molecule has 3 aromatic rings. The predicted molar refractivity (Wildman–Crippen MR) is 129 cm³/mol. The van der Waals surface area contributed by atoms with Crippen LogP contribution in [0.3, 0.4) is 0 Å². The van der Waals surface area contributed by atoms with Crippen LogP contribution in [0.1, 0.15) is 24.1 Å². The third-order valence-corrected chi connectivity index (χ3v) is 7.00. The number of aryl methyl sites for hydroxylation is 1. The molecule has 0 radical (unpaired) electrons. The molecule has 0 saturated carbocycles. The van der Waals surface area contributed by atoms with Gasteiger partial charge in [-0.25, -0.2) is 18.4 Å². The summed E-state index contributed by atoms with van der Waals surface area (Å²) in [4.78, 5) is 13.7. The topological polar surface area (TPSA) is 115 Å². The fraction of sp³-hybridized carbons (Fsp3) is 0.292.